The van der Waals surface area contributed by atoms with E-state index in [1.807, 2.05) is 13.8 Å². The van der Waals surface area contributed by atoms with Gasteiger partial charge in [0.2, 0.25) is 0 Å². The van der Waals surface area contributed by atoms with E-state index in [1.165, 1.54) is 33.4 Å². The normalized spacial score (nSPS) is 18.9. The first-order valence-electron chi connectivity index (χ1n) is 13.9. The van der Waals surface area contributed by atoms with Crippen molar-refractivity contribution in [3.8, 4) is 22.3 Å². The maximum absolute atomic E-state index is 13.5. The van der Waals surface area contributed by atoms with Crippen molar-refractivity contribution in [2.45, 2.75) is 48.0 Å². The molecule has 0 radical (unpaired) electrons. The molecule has 0 spiro atoms. The summed E-state index contributed by atoms with van der Waals surface area (Å²) in [5.74, 6) is -0.602. The minimum atomic E-state index is -4.60. The van der Waals surface area contributed by atoms with E-state index in [1.54, 1.807) is 0 Å². The molecule has 1 heterocycles. The molecule has 1 aliphatic heterocycles. The number of hydrogen-bond acceptors (Lipinski definition) is 4. The molecule has 0 aromatic heterocycles. The molecule has 0 N–H and O–H groups in total. The van der Waals surface area contributed by atoms with Crippen LogP contribution in [-0.2, 0) is 46.4 Å². The number of rotatable bonds is 4. The second kappa shape index (κ2) is 9.32. The average Bonchev–Trinajstić information content (AvgIpc) is 3.51. The van der Waals surface area contributed by atoms with Crippen molar-refractivity contribution in [3.05, 3.63) is 118 Å². The van der Waals surface area contributed by atoms with Crippen molar-refractivity contribution in [2.75, 3.05) is 0 Å². The van der Waals surface area contributed by atoms with Gasteiger partial charge in [0, 0.05) is 0 Å². The van der Waals surface area contributed by atoms with Crippen molar-refractivity contribution >= 4 is 11.9 Å². The minimum absolute atomic E-state index is 0.225. The van der Waals surface area contributed by atoms with Gasteiger partial charge in [-0.15, -0.1) is 0 Å². The number of fused-ring (bicyclic) bond motifs is 6. The predicted octanol–water partition coefficient (Wildman–Crippen LogP) is 7.52. The molecule has 0 saturated heterocycles. The molecule has 0 amide bonds. The Labute approximate surface area is 233 Å². The summed E-state index contributed by atoms with van der Waals surface area (Å²) in [5.41, 5.74) is 11.7. The Bertz CT molecular complexity index is 1530. The Morgan fingerprint density at radius 2 is 1.03 bits per heavy atom. The van der Waals surface area contributed by atoms with Gasteiger partial charge in [-0.25, -0.2) is 0 Å². The Morgan fingerprint density at radius 3 is 1.46 bits per heavy atom. The number of carbonyl (C=O) groups excluding carboxylic acids is 2. The van der Waals surface area contributed by atoms with Crippen LogP contribution in [0.2, 0.25) is 0 Å². The topological polar surface area (TPSA) is 52.6 Å². The fraction of sp³-hybridized carbons (Fsp3) is 0.235. The van der Waals surface area contributed by atoms with E-state index in [4.69, 9.17) is 6.64 Å². The molecule has 2 aliphatic carbocycles. The van der Waals surface area contributed by atoms with Gasteiger partial charge in [0.25, 0.3) is 0 Å². The Balaban J connectivity index is 1.65. The summed E-state index contributed by atoms with van der Waals surface area (Å²) in [5, 5.41) is 0. The van der Waals surface area contributed by atoms with Crippen molar-refractivity contribution in [1.82, 2.24) is 0 Å². The molecule has 194 valence electrons. The molecule has 4 aromatic carbocycles. The van der Waals surface area contributed by atoms with Crippen LogP contribution in [0.3, 0.4) is 0 Å². The Kier molecular flexibility index (Phi) is 5.87. The van der Waals surface area contributed by atoms with Gasteiger partial charge < -0.3 is 0 Å². The number of aryl methyl sites for hydroxylation is 2. The van der Waals surface area contributed by atoms with Crippen LogP contribution in [-0.4, -0.2) is 11.9 Å². The molecule has 4 nitrogen and oxygen atoms in total. The van der Waals surface area contributed by atoms with Gasteiger partial charge in [-0.05, 0) is 0 Å². The third-order valence-corrected chi connectivity index (χ3v) is 14.8. The molecule has 2 atom stereocenters. The van der Waals surface area contributed by atoms with Gasteiger partial charge >= 0.3 is 234 Å². The fourth-order valence-corrected chi connectivity index (χ4v) is 14.5. The van der Waals surface area contributed by atoms with Crippen molar-refractivity contribution < 1.29 is 33.6 Å². The van der Waals surface area contributed by atoms with E-state index < -0.39 is 17.4 Å². The van der Waals surface area contributed by atoms with E-state index in [2.05, 4.69) is 84.9 Å². The molecule has 39 heavy (non-hydrogen) atoms. The summed E-state index contributed by atoms with van der Waals surface area (Å²) >= 11 is -4.60. The van der Waals surface area contributed by atoms with Crippen molar-refractivity contribution in [1.29, 1.82) is 0 Å². The summed E-state index contributed by atoms with van der Waals surface area (Å²) in [6.07, 6.45) is 2.19. The average molecular weight is 550 g/mol. The summed E-state index contributed by atoms with van der Waals surface area (Å²) in [6.45, 7) is 3.64. The molecule has 4 aromatic rings. The molecule has 3 aliphatic rings. The maximum atomic E-state index is 13.5. The monoisotopic (exact) mass is 550 g/mol. The third kappa shape index (κ3) is 3.55. The number of benzene rings is 4. The molecule has 7 rings (SSSR count). The van der Waals surface area contributed by atoms with Crippen LogP contribution in [0.25, 0.3) is 22.3 Å². The van der Waals surface area contributed by atoms with E-state index in [0.29, 0.717) is 0 Å². The van der Waals surface area contributed by atoms with Crippen LogP contribution in [0.5, 0.6) is 0 Å². The second-order valence-corrected chi connectivity index (χ2v) is 15.4. The molecular weight excluding hydrogens is 520 g/mol. The summed E-state index contributed by atoms with van der Waals surface area (Å²) in [6, 6.07) is 29.9. The predicted molar refractivity (Wildman–Crippen MR) is 148 cm³/mol. The summed E-state index contributed by atoms with van der Waals surface area (Å²) < 4.78 is 13.0. The first-order chi connectivity index (χ1) is 19.1. The van der Waals surface area contributed by atoms with Gasteiger partial charge in [-0.2, -0.15) is 0 Å². The molecule has 0 fully saturated rings. The van der Waals surface area contributed by atoms with Crippen LogP contribution >= 0.6 is 0 Å². The molecule has 0 bridgehead atoms. The standard InChI is InChI=1S/C28H20.2C3H6O2.Ti/c1-3-11-23-21(7-1)17-27-19(9-5-13-25(23)27)15-16-20-10-6-14-26-24-12-4-2-8-22(24)18-28(20)26;2*1-2-3(4)5;/h1-14,17-18H,15-16H2;2*2H2,1H3,(H,4,5);/q;;;+2/p-2. The quantitative estimate of drug-likeness (QED) is 0.247. The molecule has 5 heteroatoms. The van der Waals surface area contributed by atoms with Gasteiger partial charge in [0.1, 0.15) is 0 Å². The van der Waals surface area contributed by atoms with Gasteiger partial charge in [0.05, 0.1) is 0 Å². The van der Waals surface area contributed by atoms with Crippen LogP contribution in [0.1, 0.15) is 68.5 Å². The van der Waals surface area contributed by atoms with Gasteiger partial charge in [-0.3, -0.25) is 0 Å². The molecular formula is C34H30O4Ti. The number of hydrogen-bond donors (Lipinski definition) is 0. The first kappa shape index (κ1) is 24.6. The van der Waals surface area contributed by atoms with Crippen molar-refractivity contribution in [2.24, 2.45) is 0 Å². The zero-order chi connectivity index (χ0) is 26.7. The Hall–Kier alpha value is -3.47. The number of carbonyl (C=O) groups is 2. The SMILES string of the molecule is CCC(=O)[O][Ti]1([O]C(=O)CC)[CH]2c3ccccc3-c3cccc(c32)CCc2cccc3c2[CH]1c1ccccc1-3. The van der Waals surface area contributed by atoms with E-state index in [9.17, 15) is 9.59 Å². The van der Waals surface area contributed by atoms with E-state index >= 15 is 0 Å². The third-order valence-electron chi connectivity index (χ3n) is 8.69. The summed E-state index contributed by atoms with van der Waals surface area (Å²) in [4.78, 5) is 27.0. The molecule has 0 saturated carbocycles. The fourth-order valence-electron chi connectivity index (χ4n) is 7.14. The van der Waals surface area contributed by atoms with Gasteiger partial charge in [0.15, 0.2) is 0 Å². The van der Waals surface area contributed by atoms with Gasteiger partial charge in [-0.1, -0.05) is 0 Å². The van der Waals surface area contributed by atoms with E-state index in [0.717, 1.165) is 35.1 Å². The first-order valence-corrected chi connectivity index (χ1v) is 17.0. The van der Waals surface area contributed by atoms with Crippen molar-refractivity contribution in [3.63, 3.8) is 0 Å². The Morgan fingerprint density at radius 1 is 0.615 bits per heavy atom. The van der Waals surface area contributed by atoms with Crippen LogP contribution in [0.4, 0.5) is 0 Å². The summed E-state index contributed by atoms with van der Waals surface area (Å²) in [7, 11) is 0. The van der Waals surface area contributed by atoms with Crippen LogP contribution in [0.15, 0.2) is 84.9 Å². The van der Waals surface area contributed by atoms with Crippen LogP contribution in [0, 0.1) is 0 Å². The van der Waals surface area contributed by atoms with E-state index in [-0.39, 0.29) is 33.2 Å². The zero-order valence-corrected chi connectivity index (χ0v) is 23.8. The van der Waals surface area contributed by atoms with Crippen LogP contribution < -0.4 is 0 Å². The zero-order valence-electron chi connectivity index (χ0n) is 22.2. The second-order valence-electron chi connectivity index (χ2n) is 10.7. The molecule has 2 unspecified atom stereocenters.